The van der Waals surface area contributed by atoms with Crippen LogP contribution in [-0.2, 0) is 4.74 Å². The number of benzene rings is 1. The van der Waals surface area contributed by atoms with E-state index in [0.29, 0.717) is 0 Å². The molecule has 4 rings (SSSR count). The fourth-order valence-electron chi connectivity index (χ4n) is 2.84. The van der Waals surface area contributed by atoms with Gasteiger partial charge < -0.3 is 9.64 Å². The third-order valence-electron chi connectivity index (χ3n) is 3.93. The molecule has 108 valence electrons. The van der Waals surface area contributed by atoms with Gasteiger partial charge in [-0.2, -0.15) is 0 Å². The molecule has 6 heteroatoms. The van der Waals surface area contributed by atoms with Gasteiger partial charge in [-0.3, -0.25) is 0 Å². The van der Waals surface area contributed by atoms with Crippen LogP contribution in [0.15, 0.2) is 18.2 Å². The molecular weight excluding hydrogens is 266 g/mol. The SMILES string of the molecule is Cc1ccc2nc(N3CCOCC3)n3c(C)nnc3c2c1. The predicted octanol–water partition coefficient (Wildman–Crippen LogP) is 1.73. The standard InChI is InChI=1S/C15H17N5O/c1-10-3-4-13-12(9-10)14-18-17-11(2)20(14)15(16-13)19-5-7-21-8-6-19/h3-4,9H,5-8H2,1-2H3. The molecule has 0 saturated carbocycles. The summed E-state index contributed by atoms with van der Waals surface area (Å²) in [5.74, 6) is 1.77. The monoisotopic (exact) mass is 283 g/mol. The molecule has 0 unspecified atom stereocenters. The van der Waals surface area contributed by atoms with Crippen molar-refractivity contribution in [2.24, 2.45) is 0 Å². The molecule has 1 aliphatic heterocycles. The van der Waals surface area contributed by atoms with Crippen molar-refractivity contribution in [3.63, 3.8) is 0 Å². The van der Waals surface area contributed by atoms with E-state index >= 15 is 0 Å². The van der Waals surface area contributed by atoms with E-state index in [0.717, 1.165) is 54.6 Å². The summed E-state index contributed by atoms with van der Waals surface area (Å²) in [5.41, 5.74) is 3.04. The summed E-state index contributed by atoms with van der Waals surface area (Å²) < 4.78 is 7.49. The van der Waals surface area contributed by atoms with Crippen LogP contribution in [-0.4, -0.2) is 45.9 Å². The zero-order chi connectivity index (χ0) is 14.4. The highest BCUT2D eigenvalue weighted by molar-refractivity contribution is 5.93. The highest BCUT2D eigenvalue weighted by Gasteiger charge is 2.19. The summed E-state index contributed by atoms with van der Waals surface area (Å²) in [6.07, 6.45) is 0. The van der Waals surface area contributed by atoms with Crippen molar-refractivity contribution in [1.29, 1.82) is 0 Å². The molecule has 1 aromatic carbocycles. The molecule has 0 amide bonds. The van der Waals surface area contributed by atoms with Gasteiger partial charge in [0.2, 0.25) is 5.95 Å². The van der Waals surface area contributed by atoms with Gasteiger partial charge in [0.1, 0.15) is 5.82 Å². The molecule has 1 fully saturated rings. The second-order valence-corrected chi connectivity index (χ2v) is 5.44. The van der Waals surface area contributed by atoms with E-state index in [9.17, 15) is 0 Å². The minimum absolute atomic E-state index is 0.732. The van der Waals surface area contributed by atoms with E-state index in [1.54, 1.807) is 0 Å². The number of fused-ring (bicyclic) bond motifs is 3. The Hall–Kier alpha value is -2.21. The fourth-order valence-corrected chi connectivity index (χ4v) is 2.84. The van der Waals surface area contributed by atoms with E-state index in [1.165, 1.54) is 5.56 Å². The van der Waals surface area contributed by atoms with Crippen LogP contribution >= 0.6 is 0 Å². The number of morpholine rings is 1. The predicted molar refractivity (Wildman–Crippen MR) is 80.8 cm³/mol. The Morgan fingerprint density at radius 3 is 2.71 bits per heavy atom. The average Bonchev–Trinajstić information content (AvgIpc) is 2.90. The van der Waals surface area contributed by atoms with Gasteiger partial charge in [-0.25, -0.2) is 9.38 Å². The Balaban J connectivity index is 2.03. The molecule has 3 heterocycles. The first-order valence-corrected chi connectivity index (χ1v) is 7.19. The van der Waals surface area contributed by atoms with Gasteiger partial charge in [0.05, 0.1) is 18.7 Å². The second kappa shape index (κ2) is 4.66. The average molecular weight is 283 g/mol. The molecular formula is C15H17N5O. The minimum atomic E-state index is 0.732. The van der Waals surface area contributed by atoms with Crippen molar-refractivity contribution < 1.29 is 4.74 Å². The Bertz CT molecular complexity index is 820. The van der Waals surface area contributed by atoms with Crippen LogP contribution in [0.1, 0.15) is 11.4 Å². The van der Waals surface area contributed by atoms with E-state index in [1.807, 2.05) is 11.3 Å². The maximum atomic E-state index is 5.44. The summed E-state index contributed by atoms with van der Waals surface area (Å²) in [7, 11) is 0. The van der Waals surface area contributed by atoms with Crippen molar-refractivity contribution in [2.75, 3.05) is 31.2 Å². The molecule has 0 aliphatic carbocycles. The van der Waals surface area contributed by atoms with Crippen molar-refractivity contribution in [1.82, 2.24) is 19.6 Å². The first-order chi connectivity index (χ1) is 10.2. The molecule has 0 N–H and O–H groups in total. The number of hydrogen-bond donors (Lipinski definition) is 0. The quantitative estimate of drug-likeness (QED) is 0.681. The Labute approximate surface area is 122 Å². The van der Waals surface area contributed by atoms with E-state index in [4.69, 9.17) is 9.72 Å². The Morgan fingerprint density at radius 1 is 1.10 bits per heavy atom. The third-order valence-corrected chi connectivity index (χ3v) is 3.93. The van der Waals surface area contributed by atoms with Crippen LogP contribution in [0.5, 0.6) is 0 Å². The molecule has 1 aliphatic rings. The summed E-state index contributed by atoms with van der Waals surface area (Å²) in [6, 6.07) is 6.26. The summed E-state index contributed by atoms with van der Waals surface area (Å²) in [5, 5.41) is 9.65. The van der Waals surface area contributed by atoms with Gasteiger partial charge in [-0.15, -0.1) is 10.2 Å². The van der Waals surface area contributed by atoms with Crippen LogP contribution in [0, 0.1) is 13.8 Å². The van der Waals surface area contributed by atoms with Crippen molar-refractivity contribution in [2.45, 2.75) is 13.8 Å². The van der Waals surface area contributed by atoms with Gasteiger partial charge in [0, 0.05) is 18.5 Å². The van der Waals surface area contributed by atoms with Gasteiger partial charge in [0.25, 0.3) is 0 Å². The van der Waals surface area contributed by atoms with Crippen molar-refractivity contribution in [3.8, 4) is 0 Å². The number of ether oxygens (including phenoxy) is 1. The molecule has 6 nitrogen and oxygen atoms in total. The number of aryl methyl sites for hydroxylation is 2. The van der Waals surface area contributed by atoms with Crippen molar-refractivity contribution >= 4 is 22.5 Å². The molecule has 2 aromatic heterocycles. The highest BCUT2D eigenvalue weighted by atomic mass is 16.5. The minimum Gasteiger partial charge on any atom is -0.378 e. The normalized spacial score (nSPS) is 16.0. The van der Waals surface area contributed by atoms with Crippen LogP contribution in [0.25, 0.3) is 16.6 Å². The fraction of sp³-hybridized carbons (Fsp3) is 0.400. The molecule has 0 bridgehead atoms. The number of rotatable bonds is 1. The summed E-state index contributed by atoms with van der Waals surface area (Å²) in [6.45, 7) is 7.20. The molecule has 21 heavy (non-hydrogen) atoms. The molecule has 1 saturated heterocycles. The van der Waals surface area contributed by atoms with E-state index in [2.05, 4.69) is 40.2 Å². The summed E-state index contributed by atoms with van der Waals surface area (Å²) in [4.78, 5) is 7.10. The smallest absolute Gasteiger partial charge is 0.213 e. The van der Waals surface area contributed by atoms with Crippen LogP contribution in [0.2, 0.25) is 0 Å². The number of hydrogen-bond acceptors (Lipinski definition) is 5. The molecule has 0 spiro atoms. The Kier molecular flexibility index (Phi) is 2.78. The lowest BCUT2D eigenvalue weighted by Gasteiger charge is -2.28. The maximum Gasteiger partial charge on any atom is 0.213 e. The lowest BCUT2D eigenvalue weighted by molar-refractivity contribution is 0.122. The number of aromatic nitrogens is 4. The van der Waals surface area contributed by atoms with Crippen LogP contribution in [0.4, 0.5) is 5.95 Å². The van der Waals surface area contributed by atoms with E-state index < -0.39 is 0 Å². The second-order valence-electron chi connectivity index (χ2n) is 5.44. The van der Waals surface area contributed by atoms with Crippen molar-refractivity contribution in [3.05, 3.63) is 29.6 Å². The van der Waals surface area contributed by atoms with Gasteiger partial charge in [0.15, 0.2) is 5.65 Å². The van der Waals surface area contributed by atoms with Crippen LogP contribution in [0.3, 0.4) is 0 Å². The zero-order valence-corrected chi connectivity index (χ0v) is 12.2. The zero-order valence-electron chi connectivity index (χ0n) is 12.2. The largest absolute Gasteiger partial charge is 0.378 e. The van der Waals surface area contributed by atoms with E-state index in [-0.39, 0.29) is 0 Å². The Morgan fingerprint density at radius 2 is 1.90 bits per heavy atom. The third kappa shape index (κ3) is 1.94. The molecule has 0 atom stereocenters. The van der Waals surface area contributed by atoms with Gasteiger partial charge >= 0.3 is 0 Å². The lowest BCUT2D eigenvalue weighted by atomic mass is 10.1. The first-order valence-electron chi connectivity index (χ1n) is 7.19. The first kappa shape index (κ1) is 12.5. The molecule has 0 radical (unpaired) electrons. The van der Waals surface area contributed by atoms with Gasteiger partial charge in [-0.1, -0.05) is 11.6 Å². The topological polar surface area (TPSA) is 55.6 Å². The maximum absolute atomic E-state index is 5.44. The van der Waals surface area contributed by atoms with Crippen LogP contribution < -0.4 is 4.90 Å². The summed E-state index contributed by atoms with van der Waals surface area (Å²) >= 11 is 0. The van der Waals surface area contributed by atoms with Gasteiger partial charge in [-0.05, 0) is 26.0 Å². The molecule has 3 aromatic rings. The highest BCUT2D eigenvalue weighted by Crippen LogP contribution is 2.25. The lowest BCUT2D eigenvalue weighted by Crippen LogP contribution is -2.38. The number of nitrogens with zero attached hydrogens (tertiary/aromatic N) is 5. The number of anilines is 1.